The van der Waals surface area contributed by atoms with E-state index in [1.54, 1.807) is 30.1 Å². The Hall–Kier alpha value is -3.92. The molecule has 0 saturated heterocycles. The van der Waals surface area contributed by atoms with E-state index in [4.69, 9.17) is 0 Å². The van der Waals surface area contributed by atoms with Crippen molar-refractivity contribution in [1.29, 1.82) is 0 Å². The first-order valence-electron chi connectivity index (χ1n) is 14.5. The summed E-state index contributed by atoms with van der Waals surface area (Å²) < 4.78 is 0. The second kappa shape index (κ2) is 15.0. The van der Waals surface area contributed by atoms with Gasteiger partial charge in [-0.15, -0.1) is 11.3 Å². The highest BCUT2D eigenvalue weighted by molar-refractivity contribution is 7.09. The molecule has 0 aliphatic carbocycles. The maximum Gasteiger partial charge on any atom is 0.254 e. The average molecular weight is 600 g/mol. The molecule has 2 heterocycles. The molecule has 4 aromatic rings. The molecular formula is C34H41N5O3S. The third-order valence-corrected chi connectivity index (χ3v) is 8.17. The summed E-state index contributed by atoms with van der Waals surface area (Å²) >= 11 is 1.52. The Morgan fingerprint density at radius 1 is 1.00 bits per heavy atom. The summed E-state index contributed by atoms with van der Waals surface area (Å²) in [5, 5.41) is 20.4. The van der Waals surface area contributed by atoms with E-state index in [9.17, 15) is 14.7 Å². The van der Waals surface area contributed by atoms with Crippen LogP contribution in [0.1, 0.15) is 73.4 Å². The molecule has 43 heavy (non-hydrogen) atoms. The molecule has 0 saturated carbocycles. The normalized spacial score (nSPS) is 12.6. The molecule has 9 heteroatoms. The molecule has 2 atom stereocenters. The third-order valence-electron chi connectivity index (χ3n) is 7.22. The van der Waals surface area contributed by atoms with Crippen LogP contribution in [0.5, 0.6) is 0 Å². The molecule has 8 nitrogen and oxygen atoms in total. The van der Waals surface area contributed by atoms with Crippen LogP contribution in [0.15, 0.2) is 72.4 Å². The number of hydrogen-bond acceptors (Lipinski definition) is 7. The lowest BCUT2D eigenvalue weighted by Gasteiger charge is -2.25. The Bertz CT molecular complexity index is 1520. The van der Waals surface area contributed by atoms with Gasteiger partial charge in [0, 0.05) is 54.7 Å². The lowest BCUT2D eigenvalue weighted by Crippen LogP contribution is -2.48. The monoisotopic (exact) mass is 599 g/mol. The van der Waals surface area contributed by atoms with Gasteiger partial charge in [0.1, 0.15) is 5.01 Å². The minimum Gasteiger partial charge on any atom is -0.390 e. The first-order valence-corrected chi connectivity index (χ1v) is 15.4. The molecule has 226 valence electrons. The Kier molecular flexibility index (Phi) is 11.2. The largest absolute Gasteiger partial charge is 0.390 e. The zero-order chi connectivity index (χ0) is 30.9. The van der Waals surface area contributed by atoms with Crippen molar-refractivity contribution in [2.45, 2.75) is 65.3 Å². The molecule has 0 aliphatic rings. The molecule has 4 rings (SSSR count). The predicted molar refractivity (Wildman–Crippen MR) is 171 cm³/mol. The van der Waals surface area contributed by atoms with Gasteiger partial charge in [-0.2, -0.15) is 0 Å². The zero-order valence-electron chi connectivity index (χ0n) is 25.5. The van der Waals surface area contributed by atoms with Crippen LogP contribution in [0, 0.1) is 13.8 Å². The summed E-state index contributed by atoms with van der Waals surface area (Å²) in [6.07, 6.45) is 3.29. The smallest absolute Gasteiger partial charge is 0.254 e. The van der Waals surface area contributed by atoms with Crippen LogP contribution >= 0.6 is 11.3 Å². The molecule has 0 bridgehead atoms. The van der Waals surface area contributed by atoms with Gasteiger partial charge in [-0.1, -0.05) is 50.2 Å². The van der Waals surface area contributed by atoms with Crippen molar-refractivity contribution in [2.24, 2.45) is 0 Å². The lowest BCUT2D eigenvalue weighted by atomic mass is 9.99. The number of benzene rings is 2. The van der Waals surface area contributed by atoms with Gasteiger partial charge in [-0.25, -0.2) is 4.98 Å². The maximum atomic E-state index is 13.6. The average Bonchev–Trinajstić information content (AvgIpc) is 3.40. The number of aliphatic hydroxyl groups is 1. The van der Waals surface area contributed by atoms with Gasteiger partial charge >= 0.3 is 0 Å². The van der Waals surface area contributed by atoms with Gasteiger partial charge < -0.3 is 20.6 Å². The van der Waals surface area contributed by atoms with Crippen LogP contribution in [0.2, 0.25) is 0 Å². The van der Waals surface area contributed by atoms with Crippen molar-refractivity contribution in [1.82, 2.24) is 25.5 Å². The van der Waals surface area contributed by atoms with E-state index in [0.717, 1.165) is 33.0 Å². The van der Waals surface area contributed by atoms with Crippen LogP contribution in [0.25, 0.3) is 0 Å². The molecule has 0 aliphatic heterocycles. The lowest BCUT2D eigenvalue weighted by molar-refractivity contribution is 0.0784. The van der Waals surface area contributed by atoms with Gasteiger partial charge in [0.05, 0.1) is 18.7 Å². The van der Waals surface area contributed by atoms with Crippen molar-refractivity contribution < 1.29 is 14.7 Å². The van der Waals surface area contributed by atoms with Crippen molar-refractivity contribution in [3.63, 3.8) is 0 Å². The van der Waals surface area contributed by atoms with E-state index in [1.807, 2.05) is 62.0 Å². The second-order valence-corrected chi connectivity index (χ2v) is 12.3. The molecule has 2 aromatic heterocycles. The number of carbonyl (C=O) groups excluding carboxylic acids is 2. The maximum absolute atomic E-state index is 13.6. The number of carbonyl (C=O) groups is 2. The number of aliphatic hydroxyl groups excluding tert-OH is 1. The Balaban J connectivity index is 1.46. The van der Waals surface area contributed by atoms with E-state index in [1.165, 1.54) is 11.3 Å². The Morgan fingerprint density at radius 3 is 2.44 bits per heavy atom. The standard InChI is InChI=1S/C34H41N5O3S/c1-22(2)29-13-26(16-35-18-29)17-36-19-31(40)30(14-25-9-7-6-8-10-25)38-33(41)27-11-23(3)12-28(15-27)34(42)39(5)20-32-37-24(4)21-43-32/h6-13,15-16,18,21-22,30-31,36,40H,14,17,19-20H2,1-5H3,(H,38,41)/t30-,31+/m0/s1. The highest BCUT2D eigenvalue weighted by Crippen LogP contribution is 2.17. The summed E-state index contributed by atoms with van der Waals surface area (Å²) in [6.45, 7) is 9.27. The number of nitrogens with zero attached hydrogens (tertiary/aromatic N) is 3. The molecule has 2 aromatic carbocycles. The van der Waals surface area contributed by atoms with Crippen molar-refractivity contribution in [3.05, 3.63) is 116 Å². The van der Waals surface area contributed by atoms with Crippen molar-refractivity contribution in [3.8, 4) is 0 Å². The quantitative estimate of drug-likeness (QED) is 0.199. The minimum atomic E-state index is -0.857. The van der Waals surface area contributed by atoms with Crippen LogP contribution < -0.4 is 10.6 Å². The number of pyridine rings is 1. The Labute approximate surface area is 258 Å². The number of rotatable bonds is 13. The summed E-state index contributed by atoms with van der Waals surface area (Å²) in [5.41, 5.74) is 5.73. The van der Waals surface area contributed by atoms with Gasteiger partial charge in [0.15, 0.2) is 0 Å². The Morgan fingerprint density at radius 2 is 1.74 bits per heavy atom. The van der Waals surface area contributed by atoms with E-state index >= 15 is 0 Å². The van der Waals surface area contributed by atoms with Crippen molar-refractivity contribution >= 4 is 23.2 Å². The van der Waals surface area contributed by atoms with E-state index in [-0.39, 0.29) is 18.4 Å². The molecule has 0 radical (unpaired) electrons. The summed E-state index contributed by atoms with van der Waals surface area (Å²) in [7, 11) is 1.73. The zero-order valence-corrected chi connectivity index (χ0v) is 26.3. The summed E-state index contributed by atoms with van der Waals surface area (Å²) in [6, 6.07) is 16.5. The van der Waals surface area contributed by atoms with E-state index in [0.29, 0.717) is 36.6 Å². The molecule has 0 unspecified atom stereocenters. The van der Waals surface area contributed by atoms with Crippen LogP contribution in [-0.4, -0.2) is 57.5 Å². The van der Waals surface area contributed by atoms with Crippen LogP contribution in [0.3, 0.4) is 0 Å². The summed E-state index contributed by atoms with van der Waals surface area (Å²) in [5.74, 6) is -0.153. The SMILES string of the molecule is Cc1cc(C(=O)N[C@@H](Cc2ccccc2)[C@H](O)CNCc2cncc(C(C)C)c2)cc(C(=O)N(C)Cc2nc(C)cs2)c1. The summed E-state index contributed by atoms with van der Waals surface area (Å²) in [4.78, 5) is 37.2. The molecule has 0 spiro atoms. The third kappa shape index (κ3) is 9.28. The highest BCUT2D eigenvalue weighted by Gasteiger charge is 2.24. The number of aryl methyl sites for hydroxylation is 2. The first-order chi connectivity index (χ1) is 20.6. The van der Waals surface area contributed by atoms with Crippen LogP contribution in [0.4, 0.5) is 0 Å². The number of nitrogens with one attached hydrogen (secondary N) is 2. The molecule has 0 fully saturated rings. The molecule has 2 amide bonds. The number of thiazole rings is 1. The van der Waals surface area contributed by atoms with Crippen molar-refractivity contribution in [2.75, 3.05) is 13.6 Å². The second-order valence-electron chi connectivity index (χ2n) is 11.4. The van der Waals surface area contributed by atoms with E-state index in [2.05, 4.69) is 40.5 Å². The molecule has 3 N–H and O–H groups in total. The highest BCUT2D eigenvalue weighted by atomic mass is 32.1. The van der Waals surface area contributed by atoms with Gasteiger partial charge in [-0.3, -0.25) is 14.6 Å². The first kappa shape index (κ1) is 32.0. The van der Waals surface area contributed by atoms with Gasteiger partial charge in [0.2, 0.25) is 0 Å². The van der Waals surface area contributed by atoms with Gasteiger partial charge in [-0.05, 0) is 66.6 Å². The predicted octanol–water partition coefficient (Wildman–Crippen LogP) is 5.04. The topological polar surface area (TPSA) is 107 Å². The number of aromatic nitrogens is 2. The minimum absolute atomic E-state index is 0.188. The number of hydrogen-bond donors (Lipinski definition) is 3. The fraction of sp³-hybridized carbons (Fsp3) is 0.353. The van der Waals surface area contributed by atoms with E-state index < -0.39 is 12.1 Å². The van der Waals surface area contributed by atoms with Crippen LogP contribution in [-0.2, 0) is 19.5 Å². The molecular weight excluding hydrogens is 558 g/mol. The fourth-order valence-corrected chi connectivity index (χ4v) is 5.66. The number of amides is 2. The fourth-order valence-electron chi connectivity index (χ4n) is 4.84. The van der Waals surface area contributed by atoms with Gasteiger partial charge in [0.25, 0.3) is 11.8 Å².